The number of ether oxygens (including phenoxy) is 1. The Morgan fingerprint density at radius 3 is 2.78 bits per heavy atom. The minimum absolute atomic E-state index is 0.355. The van der Waals surface area contributed by atoms with Crippen molar-refractivity contribution in [3.05, 3.63) is 40.4 Å². The standard InChI is InChI=1S/C13H15Cl2NO2/c1-3-18-13(17)9(2)6-7-16-12-5-4-10(14)8-11(12)15/h4-5,8,16H,2-3,6-7H2,1H3. The van der Waals surface area contributed by atoms with Gasteiger partial charge in [0, 0.05) is 17.1 Å². The molecule has 0 aliphatic heterocycles. The van der Waals surface area contributed by atoms with Gasteiger partial charge in [0.15, 0.2) is 0 Å². The van der Waals surface area contributed by atoms with Crippen molar-refractivity contribution in [2.45, 2.75) is 13.3 Å². The number of halogens is 2. The molecule has 0 fully saturated rings. The Balaban J connectivity index is 2.42. The number of esters is 1. The molecule has 0 atom stereocenters. The van der Waals surface area contributed by atoms with Gasteiger partial charge in [0.1, 0.15) is 0 Å². The molecule has 0 unspecified atom stereocenters. The first-order chi connectivity index (χ1) is 8.54. The van der Waals surface area contributed by atoms with Crippen LogP contribution in [0.5, 0.6) is 0 Å². The van der Waals surface area contributed by atoms with Crippen LogP contribution in [0.2, 0.25) is 10.0 Å². The van der Waals surface area contributed by atoms with Gasteiger partial charge in [-0.2, -0.15) is 0 Å². The first kappa shape index (κ1) is 14.9. The number of anilines is 1. The zero-order valence-electron chi connectivity index (χ0n) is 10.1. The van der Waals surface area contributed by atoms with Crippen LogP contribution >= 0.6 is 23.2 Å². The van der Waals surface area contributed by atoms with Crippen LogP contribution in [0.3, 0.4) is 0 Å². The molecular weight excluding hydrogens is 273 g/mol. The maximum atomic E-state index is 11.3. The molecule has 0 saturated carbocycles. The van der Waals surface area contributed by atoms with Gasteiger partial charge in [-0.15, -0.1) is 0 Å². The number of carbonyl (C=O) groups is 1. The predicted molar refractivity (Wildman–Crippen MR) is 75.3 cm³/mol. The highest BCUT2D eigenvalue weighted by atomic mass is 35.5. The molecule has 0 aliphatic rings. The molecule has 5 heteroatoms. The van der Waals surface area contributed by atoms with E-state index in [1.165, 1.54) is 0 Å². The second-order valence-electron chi connectivity index (χ2n) is 3.62. The summed E-state index contributed by atoms with van der Waals surface area (Å²) in [6, 6.07) is 5.19. The van der Waals surface area contributed by atoms with Crippen LogP contribution in [0, 0.1) is 0 Å². The van der Waals surface area contributed by atoms with Gasteiger partial charge in [0.25, 0.3) is 0 Å². The molecule has 1 aromatic carbocycles. The van der Waals surface area contributed by atoms with Gasteiger partial charge < -0.3 is 10.1 Å². The summed E-state index contributed by atoms with van der Waals surface area (Å²) in [6.07, 6.45) is 0.498. The van der Waals surface area contributed by atoms with Crippen LogP contribution in [0.25, 0.3) is 0 Å². The Morgan fingerprint density at radius 2 is 2.17 bits per heavy atom. The first-order valence-electron chi connectivity index (χ1n) is 5.58. The van der Waals surface area contributed by atoms with Crippen LogP contribution in [-0.2, 0) is 9.53 Å². The summed E-state index contributed by atoms with van der Waals surface area (Å²) in [5.74, 6) is -0.360. The first-order valence-corrected chi connectivity index (χ1v) is 6.34. The third-order valence-corrected chi connectivity index (χ3v) is 2.79. The minimum atomic E-state index is -0.360. The number of rotatable bonds is 6. The number of hydrogen-bond acceptors (Lipinski definition) is 3. The molecule has 0 spiro atoms. The summed E-state index contributed by atoms with van der Waals surface area (Å²) in [6.45, 7) is 6.34. The van der Waals surface area contributed by atoms with Gasteiger partial charge in [-0.3, -0.25) is 0 Å². The van der Waals surface area contributed by atoms with Crippen LogP contribution in [0.15, 0.2) is 30.4 Å². The highest BCUT2D eigenvalue weighted by Gasteiger charge is 2.07. The van der Waals surface area contributed by atoms with E-state index in [1.807, 2.05) is 0 Å². The van der Waals surface area contributed by atoms with Gasteiger partial charge in [-0.1, -0.05) is 29.8 Å². The molecule has 0 bridgehead atoms. The molecule has 0 heterocycles. The molecule has 3 nitrogen and oxygen atoms in total. The Hall–Kier alpha value is -1.19. The normalized spacial score (nSPS) is 9.94. The molecule has 1 N–H and O–H groups in total. The SMILES string of the molecule is C=C(CCNc1ccc(Cl)cc1Cl)C(=O)OCC. The zero-order valence-corrected chi connectivity index (χ0v) is 11.6. The van der Waals surface area contributed by atoms with Gasteiger partial charge in [0.2, 0.25) is 0 Å². The van der Waals surface area contributed by atoms with E-state index in [2.05, 4.69) is 11.9 Å². The Labute approximate surface area is 117 Å². The summed E-state index contributed by atoms with van der Waals surface area (Å²) in [7, 11) is 0. The predicted octanol–water partition coefficient (Wildman–Crippen LogP) is 3.91. The van der Waals surface area contributed by atoms with E-state index in [0.29, 0.717) is 35.2 Å². The molecule has 0 aliphatic carbocycles. The molecule has 0 aromatic heterocycles. The Kier molecular flexibility index (Phi) is 6.02. The fourth-order valence-corrected chi connectivity index (χ4v) is 1.79. The third kappa shape index (κ3) is 4.59. The van der Waals surface area contributed by atoms with Crippen LogP contribution in [-0.4, -0.2) is 19.1 Å². The smallest absolute Gasteiger partial charge is 0.333 e. The quantitative estimate of drug-likeness (QED) is 0.637. The van der Waals surface area contributed by atoms with Crippen molar-refractivity contribution in [3.63, 3.8) is 0 Å². The van der Waals surface area contributed by atoms with Crippen molar-refractivity contribution >= 4 is 34.9 Å². The summed E-state index contributed by atoms with van der Waals surface area (Å²) >= 11 is 11.8. The van der Waals surface area contributed by atoms with Crippen molar-refractivity contribution in [2.24, 2.45) is 0 Å². The van der Waals surface area contributed by atoms with Crippen molar-refractivity contribution in [1.29, 1.82) is 0 Å². The highest BCUT2D eigenvalue weighted by molar-refractivity contribution is 6.36. The molecule has 0 amide bonds. The highest BCUT2D eigenvalue weighted by Crippen LogP contribution is 2.25. The molecule has 1 aromatic rings. The summed E-state index contributed by atoms with van der Waals surface area (Å²) in [5, 5.41) is 4.24. The van der Waals surface area contributed by atoms with E-state index in [9.17, 15) is 4.79 Å². The Bertz CT molecular complexity index is 447. The van der Waals surface area contributed by atoms with Crippen LogP contribution in [0.1, 0.15) is 13.3 Å². The van der Waals surface area contributed by atoms with E-state index >= 15 is 0 Å². The van der Waals surface area contributed by atoms with E-state index in [1.54, 1.807) is 25.1 Å². The molecule has 18 heavy (non-hydrogen) atoms. The second-order valence-corrected chi connectivity index (χ2v) is 4.47. The minimum Gasteiger partial charge on any atom is -0.463 e. The van der Waals surface area contributed by atoms with E-state index < -0.39 is 0 Å². The van der Waals surface area contributed by atoms with E-state index in [-0.39, 0.29) is 5.97 Å². The maximum absolute atomic E-state index is 11.3. The fourth-order valence-electron chi connectivity index (χ4n) is 1.32. The van der Waals surface area contributed by atoms with E-state index in [0.717, 1.165) is 5.69 Å². The Morgan fingerprint density at radius 1 is 1.44 bits per heavy atom. The van der Waals surface area contributed by atoms with Crippen LogP contribution < -0.4 is 5.32 Å². The maximum Gasteiger partial charge on any atom is 0.333 e. The van der Waals surface area contributed by atoms with Gasteiger partial charge in [-0.05, 0) is 31.5 Å². The molecular formula is C13H15Cl2NO2. The average molecular weight is 288 g/mol. The zero-order chi connectivity index (χ0) is 13.5. The lowest BCUT2D eigenvalue weighted by atomic mass is 10.2. The number of nitrogens with one attached hydrogen (secondary N) is 1. The lowest BCUT2D eigenvalue weighted by Gasteiger charge is -2.09. The van der Waals surface area contributed by atoms with Gasteiger partial charge in [-0.25, -0.2) is 4.79 Å². The van der Waals surface area contributed by atoms with Crippen LogP contribution in [0.4, 0.5) is 5.69 Å². The van der Waals surface area contributed by atoms with E-state index in [4.69, 9.17) is 27.9 Å². The molecule has 1 rings (SSSR count). The van der Waals surface area contributed by atoms with Crippen molar-refractivity contribution in [2.75, 3.05) is 18.5 Å². The largest absolute Gasteiger partial charge is 0.463 e. The van der Waals surface area contributed by atoms with Crippen molar-refractivity contribution < 1.29 is 9.53 Å². The lowest BCUT2D eigenvalue weighted by Crippen LogP contribution is -2.11. The fraction of sp³-hybridized carbons (Fsp3) is 0.308. The molecule has 0 radical (unpaired) electrons. The topological polar surface area (TPSA) is 38.3 Å². The number of carbonyl (C=O) groups excluding carboxylic acids is 1. The van der Waals surface area contributed by atoms with Gasteiger partial charge >= 0.3 is 5.97 Å². The number of hydrogen-bond donors (Lipinski definition) is 1. The monoisotopic (exact) mass is 287 g/mol. The number of benzene rings is 1. The second kappa shape index (κ2) is 7.29. The summed E-state index contributed by atoms with van der Waals surface area (Å²) < 4.78 is 4.84. The van der Waals surface area contributed by atoms with Crippen molar-refractivity contribution in [1.82, 2.24) is 0 Å². The molecule has 0 saturated heterocycles. The average Bonchev–Trinajstić information content (AvgIpc) is 2.32. The third-order valence-electron chi connectivity index (χ3n) is 2.24. The molecule has 98 valence electrons. The lowest BCUT2D eigenvalue weighted by molar-refractivity contribution is -0.138. The summed E-state index contributed by atoms with van der Waals surface area (Å²) in [4.78, 5) is 11.3. The van der Waals surface area contributed by atoms with Gasteiger partial charge in [0.05, 0.1) is 17.3 Å². The summed E-state index contributed by atoms with van der Waals surface area (Å²) in [5.41, 5.74) is 1.21. The van der Waals surface area contributed by atoms with Crippen molar-refractivity contribution in [3.8, 4) is 0 Å².